The molecule has 2 aliphatic rings. The van der Waals surface area contributed by atoms with Gasteiger partial charge in [0.05, 0.1) is 0 Å². The van der Waals surface area contributed by atoms with Crippen molar-refractivity contribution in [2.45, 2.75) is 63.8 Å². The van der Waals surface area contributed by atoms with Gasteiger partial charge in [-0.05, 0) is 74.0 Å². The Labute approximate surface area is 154 Å². The third kappa shape index (κ3) is 5.59. The van der Waals surface area contributed by atoms with Crippen LogP contribution < -0.4 is 20.9 Å². The number of benzene rings is 1. The Balaban J connectivity index is 1.37. The fourth-order valence-corrected chi connectivity index (χ4v) is 3.80. The minimum atomic E-state index is -0.245. The van der Waals surface area contributed by atoms with Gasteiger partial charge in [0.25, 0.3) is 5.91 Å². The molecule has 6 heteroatoms. The van der Waals surface area contributed by atoms with Crippen molar-refractivity contribution in [2.24, 2.45) is 0 Å². The van der Waals surface area contributed by atoms with Crippen LogP contribution in [0.15, 0.2) is 18.2 Å². The summed E-state index contributed by atoms with van der Waals surface area (Å²) in [6, 6.07) is 6.53. The Hall–Kier alpha value is -1.82. The molecule has 25 heavy (non-hydrogen) atoms. The summed E-state index contributed by atoms with van der Waals surface area (Å²) in [6.07, 6.45) is 10.8. The zero-order chi connectivity index (χ0) is 17.5. The second-order valence-electron chi connectivity index (χ2n) is 6.91. The number of fused-ring (bicyclic) bond motifs is 1. The first-order valence-electron chi connectivity index (χ1n) is 9.30. The number of hydrazine groups is 1. The van der Waals surface area contributed by atoms with Gasteiger partial charge < -0.3 is 10.1 Å². The lowest BCUT2D eigenvalue weighted by Crippen LogP contribution is -2.51. The van der Waals surface area contributed by atoms with Gasteiger partial charge in [0.1, 0.15) is 5.75 Å². The number of ether oxygens (including phenoxy) is 1. The third-order valence-electron chi connectivity index (χ3n) is 4.95. The molecule has 1 aromatic carbocycles. The van der Waals surface area contributed by atoms with Crippen molar-refractivity contribution >= 4 is 23.2 Å². The molecule has 0 unspecified atom stereocenters. The van der Waals surface area contributed by atoms with Crippen LogP contribution >= 0.6 is 12.2 Å². The molecule has 136 valence electrons. The van der Waals surface area contributed by atoms with Gasteiger partial charge in [0.15, 0.2) is 11.7 Å². The SMILES string of the molecule is O=C(COc1ccc2c(c1)CCCC2)NNC(=S)NC1CCCCC1. The van der Waals surface area contributed by atoms with Crippen molar-refractivity contribution in [2.75, 3.05) is 6.61 Å². The van der Waals surface area contributed by atoms with Gasteiger partial charge in [-0.1, -0.05) is 25.3 Å². The number of thiocarbonyl (C=S) groups is 1. The van der Waals surface area contributed by atoms with Crippen LogP contribution in [0.25, 0.3) is 0 Å². The number of carbonyl (C=O) groups excluding carboxylic acids is 1. The number of carbonyl (C=O) groups is 1. The highest BCUT2D eigenvalue weighted by atomic mass is 32.1. The van der Waals surface area contributed by atoms with Crippen molar-refractivity contribution in [1.82, 2.24) is 16.2 Å². The monoisotopic (exact) mass is 361 g/mol. The van der Waals surface area contributed by atoms with E-state index in [4.69, 9.17) is 17.0 Å². The number of amides is 1. The molecule has 1 amide bonds. The molecule has 3 rings (SSSR count). The Morgan fingerprint density at radius 1 is 1.04 bits per heavy atom. The largest absolute Gasteiger partial charge is 0.484 e. The molecule has 0 atom stereocenters. The summed E-state index contributed by atoms with van der Waals surface area (Å²) in [5.41, 5.74) is 8.10. The summed E-state index contributed by atoms with van der Waals surface area (Å²) in [5.74, 6) is 0.504. The summed E-state index contributed by atoms with van der Waals surface area (Å²) in [7, 11) is 0. The maximum Gasteiger partial charge on any atom is 0.276 e. The zero-order valence-electron chi connectivity index (χ0n) is 14.6. The minimum Gasteiger partial charge on any atom is -0.484 e. The second-order valence-corrected chi connectivity index (χ2v) is 7.32. The number of rotatable bonds is 4. The maximum absolute atomic E-state index is 11.9. The molecule has 2 aliphatic carbocycles. The van der Waals surface area contributed by atoms with Crippen LogP contribution in [-0.4, -0.2) is 23.7 Å². The molecule has 0 aromatic heterocycles. The highest BCUT2D eigenvalue weighted by Crippen LogP contribution is 2.25. The smallest absolute Gasteiger partial charge is 0.276 e. The summed E-state index contributed by atoms with van der Waals surface area (Å²) in [6.45, 7) is -0.0299. The van der Waals surface area contributed by atoms with Crippen LogP contribution in [0.4, 0.5) is 0 Å². The van der Waals surface area contributed by atoms with Crippen LogP contribution in [0.5, 0.6) is 5.75 Å². The number of hydrogen-bond acceptors (Lipinski definition) is 3. The molecule has 1 aromatic rings. The standard InChI is InChI=1S/C19H27N3O2S/c23-18(21-22-19(25)20-16-8-2-1-3-9-16)13-24-17-11-10-14-6-4-5-7-15(14)12-17/h10-12,16H,1-9,13H2,(H,21,23)(H2,20,22,25). The fraction of sp³-hybridized carbons (Fsp3) is 0.579. The summed E-state index contributed by atoms with van der Waals surface area (Å²) < 4.78 is 5.60. The first-order chi connectivity index (χ1) is 12.2. The molecule has 5 nitrogen and oxygen atoms in total. The van der Waals surface area contributed by atoms with E-state index < -0.39 is 0 Å². The lowest BCUT2D eigenvalue weighted by Gasteiger charge is -2.24. The van der Waals surface area contributed by atoms with E-state index in [1.807, 2.05) is 6.07 Å². The fourth-order valence-electron chi connectivity index (χ4n) is 3.58. The highest BCUT2D eigenvalue weighted by molar-refractivity contribution is 7.80. The lowest BCUT2D eigenvalue weighted by atomic mass is 9.92. The average Bonchev–Trinajstić information content (AvgIpc) is 2.65. The van der Waals surface area contributed by atoms with Crippen molar-refractivity contribution in [1.29, 1.82) is 0 Å². The summed E-state index contributed by atoms with van der Waals surface area (Å²) >= 11 is 5.22. The van der Waals surface area contributed by atoms with E-state index in [0.717, 1.165) is 31.4 Å². The van der Waals surface area contributed by atoms with E-state index in [1.54, 1.807) is 0 Å². The normalized spacial score (nSPS) is 17.3. The lowest BCUT2D eigenvalue weighted by molar-refractivity contribution is -0.123. The Morgan fingerprint density at radius 2 is 1.80 bits per heavy atom. The third-order valence-corrected chi connectivity index (χ3v) is 5.17. The van der Waals surface area contributed by atoms with Crippen LogP contribution in [0.2, 0.25) is 0 Å². The molecule has 1 fully saturated rings. The van der Waals surface area contributed by atoms with E-state index in [1.165, 1.54) is 43.2 Å². The topological polar surface area (TPSA) is 62.4 Å². The zero-order valence-corrected chi connectivity index (χ0v) is 15.4. The van der Waals surface area contributed by atoms with E-state index in [0.29, 0.717) is 11.2 Å². The van der Waals surface area contributed by atoms with Crippen LogP contribution in [-0.2, 0) is 17.6 Å². The van der Waals surface area contributed by atoms with Crippen LogP contribution in [0, 0.1) is 0 Å². The first-order valence-corrected chi connectivity index (χ1v) is 9.71. The van der Waals surface area contributed by atoms with E-state index >= 15 is 0 Å². The molecule has 0 bridgehead atoms. The van der Waals surface area contributed by atoms with E-state index in [9.17, 15) is 4.79 Å². The summed E-state index contributed by atoms with van der Waals surface area (Å²) in [4.78, 5) is 11.9. The Bertz CT molecular complexity index is 615. The van der Waals surface area contributed by atoms with Crippen LogP contribution in [0.1, 0.15) is 56.1 Å². The van der Waals surface area contributed by atoms with Crippen LogP contribution in [0.3, 0.4) is 0 Å². The number of hydrogen-bond donors (Lipinski definition) is 3. The number of aryl methyl sites for hydroxylation is 2. The van der Waals surface area contributed by atoms with Gasteiger partial charge in [-0.15, -0.1) is 0 Å². The minimum absolute atomic E-state index is 0.0299. The predicted molar refractivity (Wildman–Crippen MR) is 102 cm³/mol. The Kier molecular flexibility index (Phi) is 6.50. The predicted octanol–water partition coefficient (Wildman–Crippen LogP) is 2.77. The van der Waals surface area contributed by atoms with Crippen molar-refractivity contribution < 1.29 is 9.53 Å². The molecule has 0 aliphatic heterocycles. The number of nitrogens with one attached hydrogen (secondary N) is 3. The van der Waals surface area contributed by atoms with Gasteiger partial charge in [-0.2, -0.15) is 0 Å². The Morgan fingerprint density at radius 3 is 2.60 bits per heavy atom. The molecule has 0 heterocycles. The molecule has 1 saturated carbocycles. The molecule has 0 spiro atoms. The van der Waals surface area contributed by atoms with Gasteiger partial charge >= 0.3 is 0 Å². The average molecular weight is 362 g/mol. The maximum atomic E-state index is 11.9. The van der Waals surface area contributed by atoms with E-state index in [-0.39, 0.29) is 12.5 Å². The quantitative estimate of drug-likeness (QED) is 0.569. The van der Waals surface area contributed by atoms with Gasteiger partial charge in [-0.25, -0.2) is 0 Å². The summed E-state index contributed by atoms with van der Waals surface area (Å²) in [5, 5.41) is 3.71. The highest BCUT2D eigenvalue weighted by Gasteiger charge is 2.14. The van der Waals surface area contributed by atoms with E-state index in [2.05, 4.69) is 28.3 Å². The van der Waals surface area contributed by atoms with Crippen molar-refractivity contribution in [3.8, 4) is 5.75 Å². The van der Waals surface area contributed by atoms with Gasteiger partial charge in [-0.3, -0.25) is 15.6 Å². The second kappa shape index (κ2) is 9.04. The van der Waals surface area contributed by atoms with Crippen molar-refractivity contribution in [3.63, 3.8) is 0 Å². The van der Waals surface area contributed by atoms with Crippen molar-refractivity contribution in [3.05, 3.63) is 29.3 Å². The molecule has 3 N–H and O–H groups in total. The van der Waals surface area contributed by atoms with Gasteiger partial charge in [0, 0.05) is 6.04 Å². The molecule has 0 radical (unpaired) electrons. The first kappa shape index (κ1) is 18.0. The molecular formula is C19H27N3O2S. The van der Waals surface area contributed by atoms with Gasteiger partial charge in [0.2, 0.25) is 0 Å². The molecule has 0 saturated heterocycles. The molecular weight excluding hydrogens is 334 g/mol.